The second-order valence-electron chi connectivity index (χ2n) is 8.51. The number of carbonyl (C=O) groups excluding carboxylic acids is 2. The minimum absolute atomic E-state index is 0.0846. The molecule has 2 aliphatic heterocycles. The Bertz CT molecular complexity index is 1120. The summed E-state index contributed by atoms with van der Waals surface area (Å²) in [6.45, 7) is 4.64. The molecule has 5 rings (SSSR count). The molecule has 0 atom stereocenters. The minimum atomic E-state index is -0.126. The summed E-state index contributed by atoms with van der Waals surface area (Å²) in [4.78, 5) is 34.7. The van der Waals surface area contributed by atoms with Crippen molar-refractivity contribution in [3.8, 4) is 0 Å². The van der Waals surface area contributed by atoms with Gasteiger partial charge in [-0.1, -0.05) is 23.4 Å². The highest BCUT2D eigenvalue weighted by molar-refractivity contribution is 5.99. The number of carbonyl (C=O) groups is 2. The van der Waals surface area contributed by atoms with E-state index < -0.39 is 0 Å². The van der Waals surface area contributed by atoms with E-state index in [1.165, 1.54) is 0 Å². The Morgan fingerprint density at radius 2 is 1.68 bits per heavy atom. The Morgan fingerprint density at radius 1 is 0.968 bits per heavy atom. The van der Waals surface area contributed by atoms with Crippen LogP contribution in [0.3, 0.4) is 0 Å². The normalized spacial score (nSPS) is 17.5. The average molecular weight is 418 g/mol. The molecule has 7 nitrogen and oxygen atoms in total. The molecule has 0 bridgehead atoms. The quantitative estimate of drug-likeness (QED) is 0.647. The summed E-state index contributed by atoms with van der Waals surface area (Å²) in [5.41, 5.74) is 3.20. The smallest absolute Gasteiger partial charge is 0.292 e. The van der Waals surface area contributed by atoms with Crippen LogP contribution in [0.1, 0.15) is 63.9 Å². The summed E-state index contributed by atoms with van der Waals surface area (Å²) >= 11 is 0. The molecule has 2 amide bonds. The van der Waals surface area contributed by atoms with Gasteiger partial charge in [0.25, 0.3) is 11.8 Å². The summed E-state index contributed by atoms with van der Waals surface area (Å²) in [6, 6.07) is 11.6. The lowest BCUT2D eigenvalue weighted by atomic mass is 9.89. The van der Waals surface area contributed by atoms with Crippen molar-refractivity contribution in [2.45, 2.75) is 38.5 Å². The van der Waals surface area contributed by atoms with Gasteiger partial charge in [0.15, 0.2) is 0 Å². The van der Waals surface area contributed by atoms with Gasteiger partial charge in [0.2, 0.25) is 5.76 Å². The third-order valence-corrected chi connectivity index (χ3v) is 6.38. The highest BCUT2D eigenvalue weighted by atomic mass is 16.5. The summed E-state index contributed by atoms with van der Waals surface area (Å²) in [6.07, 6.45) is 3.66. The van der Waals surface area contributed by atoms with E-state index in [0.29, 0.717) is 18.8 Å². The van der Waals surface area contributed by atoms with Gasteiger partial charge in [-0.25, -0.2) is 0 Å². The molecule has 0 radical (unpaired) electrons. The Balaban J connectivity index is 1.41. The molecule has 2 fully saturated rings. The molecule has 2 aliphatic rings. The van der Waals surface area contributed by atoms with Gasteiger partial charge in [0, 0.05) is 43.5 Å². The van der Waals surface area contributed by atoms with E-state index in [1.807, 2.05) is 35.2 Å². The van der Waals surface area contributed by atoms with Crippen molar-refractivity contribution in [3.63, 3.8) is 0 Å². The summed E-state index contributed by atoms with van der Waals surface area (Å²) in [5.74, 6) is 0.386. The number of hydrogen-bond donors (Lipinski definition) is 0. The van der Waals surface area contributed by atoms with Crippen LogP contribution in [0.5, 0.6) is 0 Å². The Kier molecular flexibility index (Phi) is 5.18. The number of benzene rings is 1. The van der Waals surface area contributed by atoms with E-state index in [1.54, 1.807) is 17.9 Å². The molecular formula is C24H26N4O3. The molecule has 0 spiro atoms. The van der Waals surface area contributed by atoms with E-state index in [-0.39, 0.29) is 23.5 Å². The summed E-state index contributed by atoms with van der Waals surface area (Å²) in [7, 11) is 0. The lowest BCUT2D eigenvalue weighted by molar-refractivity contribution is 0.0667. The molecule has 160 valence electrons. The van der Waals surface area contributed by atoms with E-state index in [0.717, 1.165) is 60.9 Å². The van der Waals surface area contributed by atoms with E-state index in [4.69, 9.17) is 9.51 Å². The van der Waals surface area contributed by atoms with Crippen molar-refractivity contribution >= 4 is 22.7 Å². The number of aryl methyl sites for hydroxylation is 1. The van der Waals surface area contributed by atoms with Crippen LogP contribution in [-0.4, -0.2) is 57.9 Å². The van der Waals surface area contributed by atoms with Gasteiger partial charge in [-0.15, -0.1) is 0 Å². The number of piperidine rings is 1. The van der Waals surface area contributed by atoms with Crippen LogP contribution in [0.2, 0.25) is 0 Å². The van der Waals surface area contributed by atoms with Crippen LogP contribution in [-0.2, 0) is 0 Å². The fourth-order valence-corrected chi connectivity index (χ4v) is 4.68. The maximum absolute atomic E-state index is 13.3. The van der Waals surface area contributed by atoms with Gasteiger partial charge in [-0.3, -0.25) is 14.6 Å². The number of nitrogens with zero attached hydrogens (tertiary/aromatic N) is 4. The Hall–Kier alpha value is -3.22. The van der Waals surface area contributed by atoms with E-state index in [2.05, 4.69) is 5.16 Å². The first-order chi connectivity index (χ1) is 15.1. The fourth-order valence-electron chi connectivity index (χ4n) is 4.68. The van der Waals surface area contributed by atoms with Gasteiger partial charge in [0.1, 0.15) is 0 Å². The molecule has 0 unspecified atom stereocenters. The number of pyridine rings is 1. The molecule has 2 aromatic heterocycles. The number of para-hydroxylation sites is 1. The third-order valence-electron chi connectivity index (χ3n) is 6.38. The first kappa shape index (κ1) is 19.7. The first-order valence-corrected chi connectivity index (χ1v) is 11.0. The molecule has 31 heavy (non-hydrogen) atoms. The van der Waals surface area contributed by atoms with Crippen LogP contribution >= 0.6 is 0 Å². The molecule has 3 aromatic rings. The second-order valence-corrected chi connectivity index (χ2v) is 8.51. The third kappa shape index (κ3) is 3.80. The minimum Gasteiger partial charge on any atom is -0.351 e. The maximum Gasteiger partial charge on any atom is 0.292 e. The fraction of sp³-hybridized carbons (Fsp3) is 0.417. The van der Waals surface area contributed by atoms with Gasteiger partial charge in [0.05, 0.1) is 22.5 Å². The van der Waals surface area contributed by atoms with Crippen molar-refractivity contribution in [2.24, 2.45) is 0 Å². The largest absolute Gasteiger partial charge is 0.351 e. The van der Waals surface area contributed by atoms with Crippen molar-refractivity contribution in [3.05, 3.63) is 59.1 Å². The van der Waals surface area contributed by atoms with Gasteiger partial charge in [-0.05, 0) is 44.7 Å². The number of fused-ring (bicyclic) bond motifs is 1. The van der Waals surface area contributed by atoms with Crippen molar-refractivity contribution in [1.82, 2.24) is 19.9 Å². The number of likely N-dealkylation sites (tertiary alicyclic amines) is 2. The van der Waals surface area contributed by atoms with Crippen LogP contribution < -0.4 is 0 Å². The molecule has 7 heteroatoms. The highest BCUT2D eigenvalue weighted by Gasteiger charge is 2.31. The maximum atomic E-state index is 13.3. The molecule has 2 saturated heterocycles. The molecule has 0 saturated carbocycles. The van der Waals surface area contributed by atoms with Gasteiger partial charge >= 0.3 is 0 Å². The molecule has 0 N–H and O–H groups in total. The predicted octanol–water partition coefficient (Wildman–Crippen LogP) is 3.79. The lowest BCUT2D eigenvalue weighted by Crippen LogP contribution is -2.38. The number of amides is 2. The molecule has 4 heterocycles. The lowest BCUT2D eigenvalue weighted by Gasteiger charge is -2.32. The van der Waals surface area contributed by atoms with Crippen molar-refractivity contribution < 1.29 is 14.1 Å². The van der Waals surface area contributed by atoms with E-state index >= 15 is 0 Å². The first-order valence-electron chi connectivity index (χ1n) is 11.0. The zero-order chi connectivity index (χ0) is 21.4. The SMILES string of the molecule is Cc1cc(C(=O)N2CCC(c3nc4ccccc4cc3C(=O)N3CCCC3)CC2)on1. The second kappa shape index (κ2) is 8.13. The molecule has 0 aliphatic carbocycles. The molecular weight excluding hydrogens is 392 g/mol. The number of rotatable bonds is 3. The van der Waals surface area contributed by atoms with E-state index in [9.17, 15) is 9.59 Å². The van der Waals surface area contributed by atoms with Gasteiger partial charge < -0.3 is 14.3 Å². The summed E-state index contributed by atoms with van der Waals surface area (Å²) < 4.78 is 5.14. The van der Waals surface area contributed by atoms with Crippen LogP contribution in [0.25, 0.3) is 10.9 Å². The zero-order valence-corrected chi connectivity index (χ0v) is 17.7. The van der Waals surface area contributed by atoms with Crippen molar-refractivity contribution in [2.75, 3.05) is 26.2 Å². The monoisotopic (exact) mass is 418 g/mol. The topological polar surface area (TPSA) is 79.5 Å². The number of hydrogen-bond acceptors (Lipinski definition) is 5. The zero-order valence-electron chi connectivity index (χ0n) is 17.7. The summed E-state index contributed by atoms with van der Waals surface area (Å²) in [5, 5.41) is 4.81. The van der Waals surface area contributed by atoms with Crippen LogP contribution in [0.15, 0.2) is 40.9 Å². The highest BCUT2D eigenvalue weighted by Crippen LogP contribution is 2.32. The standard InChI is InChI=1S/C24H26N4O3/c1-16-14-21(31-26-16)24(30)28-12-8-17(9-13-28)22-19(23(29)27-10-4-5-11-27)15-18-6-2-3-7-20(18)25-22/h2-3,6-7,14-15,17H,4-5,8-13H2,1H3. The Morgan fingerprint density at radius 3 is 2.39 bits per heavy atom. The molecule has 1 aromatic carbocycles. The Labute approximate surface area is 181 Å². The average Bonchev–Trinajstić information content (AvgIpc) is 3.49. The van der Waals surface area contributed by atoms with Crippen LogP contribution in [0.4, 0.5) is 0 Å². The number of aromatic nitrogens is 2. The van der Waals surface area contributed by atoms with Crippen molar-refractivity contribution in [1.29, 1.82) is 0 Å². The predicted molar refractivity (Wildman–Crippen MR) is 116 cm³/mol. The van der Waals surface area contributed by atoms with Crippen LogP contribution in [0, 0.1) is 6.92 Å². The van der Waals surface area contributed by atoms with Gasteiger partial charge in [-0.2, -0.15) is 0 Å².